The van der Waals surface area contributed by atoms with E-state index in [1.165, 1.54) is 49.9 Å². The molecule has 0 spiro atoms. The fourth-order valence-corrected chi connectivity index (χ4v) is 8.05. The summed E-state index contributed by atoms with van der Waals surface area (Å²) in [5.41, 5.74) is 11.0. The summed E-state index contributed by atoms with van der Waals surface area (Å²) in [7, 11) is 0. The monoisotopic (exact) mass is 673 g/mol. The Balaban J connectivity index is 1.39. The van der Waals surface area contributed by atoms with Crippen molar-refractivity contribution in [2.24, 2.45) is 11.0 Å². The molecular weight excluding hydrogens is 623 g/mol. The largest absolute Gasteiger partial charge is 0.372 e. The Morgan fingerprint density at radius 3 is 1.86 bits per heavy atom. The van der Waals surface area contributed by atoms with E-state index in [1.807, 2.05) is 0 Å². The van der Waals surface area contributed by atoms with Crippen LogP contribution in [0.25, 0.3) is 27.9 Å². The number of rotatable bonds is 13. The third kappa shape index (κ3) is 6.65. The number of benzene rings is 5. The lowest BCUT2D eigenvalue weighted by Gasteiger charge is -2.30. The van der Waals surface area contributed by atoms with Gasteiger partial charge < -0.3 is 14.4 Å². The molecule has 0 aliphatic carbocycles. The van der Waals surface area contributed by atoms with Gasteiger partial charge in [-0.2, -0.15) is 5.10 Å². The lowest BCUT2D eigenvalue weighted by Crippen LogP contribution is -2.27. The number of hydrogen-bond acceptors (Lipinski definition) is 4. The van der Waals surface area contributed by atoms with Crippen LogP contribution in [-0.2, 0) is 13.0 Å². The standard InChI is InChI=1S/C46H51N5/c1-6-48(7-2)37-28-23-34(24-29-37)25-32-42-41(33-35-17-12-11-13-18-35)45(36-26-30-38(31-27-36)49(8-3)9-4)51(47-42)44-22-16-20-40-39-19-14-15-21-43(39)50(10-5)46(40)44/h11-32,41,45H,6-10,33H2,1-5H3. The molecule has 0 fully saturated rings. The number of aromatic nitrogens is 1. The highest BCUT2D eigenvalue weighted by atomic mass is 15.5. The summed E-state index contributed by atoms with van der Waals surface area (Å²) < 4.78 is 2.47. The fraction of sp³-hybridized carbons (Fsp3) is 0.283. The number of hydrogen-bond donors (Lipinski definition) is 0. The van der Waals surface area contributed by atoms with E-state index in [1.54, 1.807) is 0 Å². The molecular formula is C46H51N5. The maximum atomic E-state index is 5.60. The molecule has 51 heavy (non-hydrogen) atoms. The molecule has 5 nitrogen and oxygen atoms in total. The van der Waals surface area contributed by atoms with Gasteiger partial charge in [0.1, 0.15) is 0 Å². The van der Waals surface area contributed by atoms with E-state index in [-0.39, 0.29) is 12.0 Å². The van der Waals surface area contributed by atoms with Crippen molar-refractivity contribution in [3.8, 4) is 0 Å². The Morgan fingerprint density at radius 2 is 1.22 bits per heavy atom. The maximum absolute atomic E-state index is 5.60. The molecule has 2 unspecified atom stereocenters. The number of hydrazone groups is 1. The molecule has 0 saturated heterocycles. The van der Waals surface area contributed by atoms with Gasteiger partial charge in [0.05, 0.1) is 23.0 Å². The molecule has 0 saturated carbocycles. The number of fused-ring (bicyclic) bond motifs is 3. The first-order valence-electron chi connectivity index (χ1n) is 18.9. The van der Waals surface area contributed by atoms with Crippen molar-refractivity contribution < 1.29 is 0 Å². The van der Waals surface area contributed by atoms with Gasteiger partial charge in [0.25, 0.3) is 0 Å². The molecule has 0 N–H and O–H groups in total. The van der Waals surface area contributed by atoms with Crippen LogP contribution in [0.4, 0.5) is 17.1 Å². The highest BCUT2D eigenvalue weighted by Crippen LogP contribution is 2.45. The van der Waals surface area contributed by atoms with E-state index in [0.29, 0.717) is 0 Å². The van der Waals surface area contributed by atoms with Gasteiger partial charge in [-0.25, -0.2) is 0 Å². The summed E-state index contributed by atoms with van der Waals surface area (Å²) in [4.78, 5) is 4.79. The minimum atomic E-state index is 0.00886. The second kappa shape index (κ2) is 15.3. The van der Waals surface area contributed by atoms with Crippen LogP contribution in [0.15, 0.2) is 133 Å². The molecule has 1 aromatic heterocycles. The number of aryl methyl sites for hydroxylation is 1. The van der Waals surface area contributed by atoms with Crippen LogP contribution in [0.3, 0.4) is 0 Å². The van der Waals surface area contributed by atoms with Gasteiger partial charge in [-0.1, -0.05) is 91.0 Å². The van der Waals surface area contributed by atoms with Crippen molar-refractivity contribution in [3.63, 3.8) is 0 Å². The van der Waals surface area contributed by atoms with Gasteiger partial charge in [-0.3, -0.25) is 5.01 Å². The van der Waals surface area contributed by atoms with E-state index < -0.39 is 0 Å². The summed E-state index contributed by atoms with van der Waals surface area (Å²) >= 11 is 0. The summed E-state index contributed by atoms with van der Waals surface area (Å²) in [6.45, 7) is 16.0. The molecule has 7 rings (SSSR count). The van der Waals surface area contributed by atoms with E-state index >= 15 is 0 Å². The molecule has 0 bridgehead atoms. The normalized spacial score (nSPS) is 16.0. The zero-order valence-electron chi connectivity index (χ0n) is 30.8. The highest BCUT2D eigenvalue weighted by Gasteiger charge is 2.39. The van der Waals surface area contributed by atoms with Crippen LogP contribution < -0.4 is 14.8 Å². The van der Waals surface area contributed by atoms with Gasteiger partial charge in [-0.05, 0) is 100 Å². The van der Waals surface area contributed by atoms with Crippen molar-refractivity contribution in [2.75, 3.05) is 41.0 Å². The molecule has 0 radical (unpaired) electrons. The average Bonchev–Trinajstić information content (AvgIpc) is 3.71. The maximum Gasteiger partial charge on any atom is 0.0863 e. The number of nitrogens with zero attached hydrogens (tertiary/aromatic N) is 5. The minimum Gasteiger partial charge on any atom is -0.372 e. The van der Waals surface area contributed by atoms with E-state index in [9.17, 15) is 0 Å². The second-order valence-electron chi connectivity index (χ2n) is 13.4. The molecule has 5 heteroatoms. The molecule has 0 amide bonds. The molecule has 6 aromatic rings. The Kier molecular flexibility index (Phi) is 10.3. The predicted molar refractivity (Wildman–Crippen MR) is 220 cm³/mol. The van der Waals surface area contributed by atoms with Gasteiger partial charge in [0.15, 0.2) is 0 Å². The second-order valence-corrected chi connectivity index (χ2v) is 13.4. The van der Waals surface area contributed by atoms with Crippen molar-refractivity contribution in [1.82, 2.24) is 4.57 Å². The van der Waals surface area contributed by atoms with Gasteiger partial charge in [0.2, 0.25) is 0 Å². The Morgan fingerprint density at radius 1 is 0.608 bits per heavy atom. The first kappa shape index (κ1) is 34.2. The summed E-state index contributed by atoms with van der Waals surface area (Å²) in [5.74, 6) is 0.132. The Bertz CT molecular complexity index is 2120. The van der Waals surface area contributed by atoms with Crippen LogP contribution in [0.2, 0.25) is 0 Å². The predicted octanol–water partition coefficient (Wildman–Crippen LogP) is 11.0. The zero-order chi connectivity index (χ0) is 35.3. The summed E-state index contributed by atoms with van der Waals surface area (Å²) in [6.07, 6.45) is 5.40. The summed E-state index contributed by atoms with van der Waals surface area (Å²) in [5, 5.41) is 10.5. The van der Waals surface area contributed by atoms with Crippen LogP contribution in [0.1, 0.15) is 57.4 Å². The van der Waals surface area contributed by atoms with Gasteiger partial charge >= 0.3 is 0 Å². The fourth-order valence-electron chi connectivity index (χ4n) is 8.05. The molecule has 1 aliphatic rings. The van der Waals surface area contributed by atoms with Crippen molar-refractivity contribution >= 4 is 50.7 Å². The van der Waals surface area contributed by atoms with Gasteiger partial charge in [-0.15, -0.1) is 0 Å². The first-order valence-corrected chi connectivity index (χ1v) is 18.9. The Hall–Kier alpha value is -5.29. The lowest BCUT2D eigenvalue weighted by molar-refractivity contribution is 0.548. The average molecular weight is 674 g/mol. The Labute approximate surface area is 304 Å². The topological polar surface area (TPSA) is 27.0 Å². The molecule has 2 heterocycles. The highest BCUT2D eigenvalue weighted by molar-refractivity contribution is 6.13. The van der Waals surface area contributed by atoms with Crippen LogP contribution >= 0.6 is 0 Å². The third-order valence-corrected chi connectivity index (χ3v) is 10.7. The minimum absolute atomic E-state index is 0.00886. The van der Waals surface area contributed by atoms with Gasteiger partial charge in [0, 0.05) is 66.3 Å². The smallest absolute Gasteiger partial charge is 0.0863 e. The van der Waals surface area contributed by atoms with Crippen molar-refractivity contribution in [1.29, 1.82) is 0 Å². The number of para-hydroxylation sites is 2. The molecule has 2 atom stereocenters. The summed E-state index contributed by atoms with van der Waals surface area (Å²) in [6, 6.07) is 44.7. The quantitative estimate of drug-likeness (QED) is 0.122. The lowest BCUT2D eigenvalue weighted by atomic mass is 9.84. The van der Waals surface area contributed by atoms with Crippen LogP contribution in [0.5, 0.6) is 0 Å². The van der Waals surface area contributed by atoms with Crippen LogP contribution in [-0.4, -0.2) is 36.5 Å². The SMILES string of the molecule is CCN(CC)c1ccc(C=CC2=NN(c3cccc4c5ccccc5n(CC)c34)C(c3ccc(N(CC)CC)cc3)C2Cc2ccccc2)cc1. The molecule has 260 valence electrons. The van der Waals surface area contributed by atoms with E-state index in [4.69, 9.17) is 5.10 Å². The zero-order valence-corrected chi connectivity index (χ0v) is 30.8. The third-order valence-electron chi connectivity index (χ3n) is 10.7. The van der Waals surface area contributed by atoms with Crippen molar-refractivity contribution in [3.05, 3.63) is 144 Å². The number of allylic oxidation sites excluding steroid dienone is 1. The molecule has 1 aliphatic heterocycles. The first-order chi connectivity index (χ1) is 25.1. The van der Waals surface area contributed by atoms with E-state index in [2.05, 4.69) is 187 Å². The van der Waals surface area contributed by atoms with E-state index in [0.717, 1.165) is 50.5 Å². The van der Waals surface area contributed by atoms with Crippen LogP contribution in [0, 0.1) is 5.92 Å². The number of anilines is 3. The van der Waals surface area contributed by atoms with Crippen molar-refractivity contribution in [2.45, 2.75) is 53.6 Å². The molecule has 5 aromatic carbocycles.